The van der Waals surface area contributed by atoms with E-state index in [1.807, 2.05) is 4.90 Å². The van der Waals surface area contributed by atoms with Crippen LogP contribution in [0.4, 0.5) is 15.8 Å². The summed E-state index contributed by atoms with van der Waals surface area (Å²) >= 11 is 0. The summed E-state index contributed by atoms with van der Waals surface area (Å²) < 4.78 is 14.8. The predicted octanol–water partition coefficient (Wildman–Crippen LogP) is 1.16. The molecule has 0 fully saturated rings. The van der Waals surface area contributed by atoms with Gasteiger partial charge in [-0.3, -0.25) is 14.3 Å². The molecule has 2 amide bonds. The smallest absolute Gasteiger partial charge is 0.243 e. The van der Waals surface area contributed by atoms with Crippen molar-refractivity contribution in [1.29, 1.82) is 0 Å². The van der Waals surface area contributed by atoms with Crippen molar-refractivity contribution >= 4 is 23.2 Å². The lowest BCUT2D eigenvalue weighted by Gasteiger charge is -2.30. The Balaban J connectivity index is 1.61. The fraction of sp³-hybridized carbons (Fsp3) is 0.353. The molecule has 0 saturated carbocycles. The Bertz CT molecular complexity index is 789. The maximum absolute atomic E-state index is 13.4. The molecule has 0 saturated heterocycles. The Kier molecular flexibility index (Phi) is 4.97. The van der Waals surface area contributed by atoms with Gasteiger partial charge in [0.2, 0.25) is 11.8 Å². The second kappa shape index (κ2) is 7.33. The number of amides is 2. The van der Waals surface area contributed by atoms with Crippen LogP contribution >= 0.6 is 0 Å². The van der Waals surface area contributed by atoms with Gasteiger partial charge >= 0.3 is 0 Å². The number of carbonyl (C=O) groups excluding carboxylic acids is 2. The number of rotatable bonds is 5. The molecule has 0 atom stereocenters. The molecule has 7 nitrogen and oxygen atoms in total. The molecule has 0 aliphatic carbocycles. The van der Waals surface area contributed by atoms with E-state index >= 15 is 0 Å². The van der Waals surface area contributed by atoms with Crippen molar-refractivity contribution in [3.05, 3.63) is 42.0 Å². The van der Waals surface area contributed by atoms with Crippen LogP contribution in [0.3, 0.4) is 0 Å². The minimum atomic E-state index is -0.256. The van der Waals surface area contributed by atoms with Gasteiger partial charge in [-0.2, -0.15) is 5.10 Å². The standard InChI is InChI=1S/C17H20FN5O2/c1-19-16(24)11-23-9-14(8-20-23)21-17(25)10-22-6-2-3-12-7-13(18)4-5-15(12)22/h4-5,7-9H,2-3,6,10-11H2,1H3,(H,19,24)(H,21,25). The number of anilines is 2. The van der Waals surface area contributed by atoms with Gasteiger partial charge in [-0.05, 0) is 36.6 Å². The lowest BCUT2D eigenvalue weighted by molar-refractivity contribution is -0.121. The average Bonchev–Trinajstić information content (AvgIpc) is 3.01. The van der Waals surface area contributed by atoms with E-state index < -0.39 is 0 Å². The average molecular weight is 345 g/mol. The number of nitrogens with one attached hydrogen (secondary N) is 2. The minimum Gasteiger partial charge on any atom is -0.362 e. The monoisotopic (exact) mass is 345 g/mol. The van der Waals surface area contributed by atoms with Crippen LogP contribution in [0, 0.1) is 5.82 Å². The summed E-state index contributed by atoms with van der Waals surface area (Å²) in [5, 5.41) is 9.32. The third-order valence-electron chi connectivity index (χ3n) is 4.09. The van der Waals surface area contributed by atoms with Crippen LogP contribution in [0.2, 0.25) is 0 Å². The molecule has 1 aliphatic rings. The van der Waals surface area contributed by atoms with E-state index in [1.54, 1.807) is 19.3 Å². The molecule has 2 heterocycles. The largest absolute Gasteiger partial charge is 0.362 e. The molecule has 0 spiro atoms. The third-order valence-corrected chi connectivity index (χ3v) is 4.09. The van der Waals surface area contributed by atoms with Gasteiger partial charge < -0.3 is 15.5 Å². The van der Waals surface area contributed by atoms with Gasteiger partial charge in [-0.15, -0.1) is 0 Å². The first-order valence-corrected chi connectivity index (χ1v) is 8.11. The molecule has 3 rings (SSSR count). The number of likely N-dealkylation sites (N-methyl/N-ethyl adjacent to an activating group) is 1. The van der Waals surface area contributed by atoms with Crippen molar-refractivity contribution in [3.63, 3.8) is 0 Å². The maximum atomic E-state index is 13.4. The molecule has 2 aromatic rings. The minimum absolute atomic E-state index is 0.0947. The van der Waals surface area contributed by atoms with Crippen LogP contribution in [0.1, 0.15) is 12.0 Å². The van der Waals surface area contributed by atoms with E-state index in [9.17, 15) is 14.0 Å². The topological polar surface area (TPSA) is 79.3 Å². The second-order valence-electron chi connectivity index (χ2n) is 5.95. The summed E-state index contributed by atoms with van der Waals surface area (Å²) in [7, 11) is 1.55. The van der Waals surface area contributed by atoms with Gasteiger partial charge in [-0.1, -0.05) is 0 Å². The number of aryl methyl sites for hydroxylation is 1. The normalized spacial score (nSPS) is 13.3. The highest BCUT2D eigenvalue weighted by atomic mass is 19.1. The summed E-state index contributed by atoms with van der Waals surface area (Å²) in [6.45, 7) is 1.03. The molecule has 25 heavy (non-hydrogen) atoms. The Labute approximate surface area is 144 Å². The number of halogens is 1. The fourth-order valence-corrected chi connectivity index (χ4v) is 2.92. The number of hydrogen-bond donors (Lipinski definition) is 2. The highest BCUT2D eigenvalue weighted by Crippen LogP contribution is 2.27. The number of carbonyl (C=O) groups is 2. The van der Waals surface area contributed by atoms with Crippen molar-refractivity contribution in [1.82, 2.24) is 15.1 Å². The van der Waals surface area contributed by atoms with Crippen LogP contribution in [-0.4, -0.2) is 41.7 Å². The molecular weight excluding hydrogens is 325 g/mol. The summed E-state index contributed by atoms with van der Waals surface area (Å²) in [6.07, 6.45) is 4.80. The molecule has 1 aromatic carbocycles. The number of hydrogen-bond acceptors (Lipinski definition) is 4. The van der Waals surface area contributed by atoms with Crippen molar-refractivity contribution in [2.24, 2.45) is 0 Å². The Morgan fingerprint density at radius 2 is 2.12 bits per heavy atom. The van der Waals surface area contributed by atoms with E-state index in [2.05, 4.69) is 15.7 Å². The summed E-state index contributed by atoms with van der Waals surface area (Å²) in [5.41, 5.74) is 2.36. The fourth-order valence-electron chi connectivity index (χ4n) is 2.92. The predicted molar refractivity (Wildman–Crippen MR) is 91.9 cm³/mol. The number of nitrogens with zero attached hydrogens (tertiary/aromatic N) is 3. The van der Waals surface area contributed by atoms with Crippen LogP contribution in [0.15, 0.2) is 30.6 Å². The maximum Gasteiger partial charge on any atom is 0.243 e. The molecular formula is C17H20FN5O2. The second-order valence-corrected chi connectivity index (χ2v) is 5.95. The molecule has 0 unspecified atom stereocenters. The number of fused-ring (bicyclic) bond motifs is 1. The zero-order valence-corrected chi connectivity index (χ0v) is 14.0. The van der Waals surface area contributed by atoms with Gasteiger partial charge in [0, 0.05) is 25.5 Å². The summed E-state index contributed by atoms with van der Waals surface area (Å²) in [5.74, 6) is -0.608. The summed E-state index contributed by atoms with van der Waals surface area (Å²) in [4.78, 5) is 25.6. The molecule has 1 aromatic heterocycles. The first kappa shape index (κ1) is 16.9. The summed E-state index contributed by atoms with van der Waals surface area (Å²) in [6, 6.07) is 4.67. The van der Waals surface area contributed by atoms with Gasteiger partial charge in [0.25, 0.3) is 0 Å². The van der Waals surface area contributed by atoms with Crippen molar-refractivity contribution in [2.45, 2.75) is 19.4 Å². The molecule has 132 valence electrons. The number of benzene rings is 1. The SMILES string of the molecule is CNC(=O)Cn1cc(NC(=O)CN2CCCc3cc(F)ccc32)cn1. The quantitative estimate of drug-likeness (QED) is 0.852. The van der Waals surface area contributed by atoms with E-state index in [0.29, 0.717) is 5.69 Å². The van der Waals surface area contributed by atoms with Gasteiger partial charge in [-0.25, -0.2) is 4.39 Å². The van der Waals surface area contributed by atoms with Crippen LogP contribution in [0.25, 0.3) is 0 Å². The highest BCUT2D eigenvalue weighted by Gasteiger charge is 2.19. The van der Waals surface area contributed by atoms with E-state index in [1.165, 1.54) is 23.0 Å². The zero-order chi connectivity index (χ0) is 17.8. The van der Waals surface area contributed by atoms with Gasteiger partial charge in [0.05, 0.1) is 18.4 Å². The van der Waals surface area contributed by atoms with Crippen LogP contribution < -0.4 is 15.5 Å². The molecule has 0 bridgehead atoms. The van der Waals surface area contributed by atoms with E-state index in [-0.39, 0.29) is 30.7 Å². The molecule has 1 aliphatic heterocycles. The van der Waals surface area contributed by atoms with Crippen molar-refractivity contribution in [3.8, 4) is 0 Å². The first-order valence-electron chi connectivity index (χ1n) is 8.11. The Hall–Kier alpha value is -2.90. The lowest BCUT2D eigenvalue weighted by Crippen LogP contribution is -2.36. The van der Waals surface area contributed by atoms with E-state index in [4.69, 9.17) is 0 Å². The number of aromatic nitrogens is 2. The van der Waals surface area contributed by atoms with Gasteiger partial charge in [0.1, 0.15) is 12.4 Å². The van der Waals surface area contributed by atoms with Crippen LogP contribution in [-0.2, 0) is 22.6 Å². The zero-order valence-electron chi connectivity index (χ0n) is 14.0. The van der Waals surface area contributed by atoms with Crippen molar-refractivity contribution < 1.29 is 14.0 Å². The van der Waals surface area contributed by atoms with Crippen molar-refractivity contribution in [2.75, 3.05) is 30.4 Å². The van der Waals surface area contributed by atoms with Gasteiger partial charge in [0.15, 0.2) is 0 Å². The lowest BCUT2D eigenvalue weighted by atomic mass is 10.0. The third kappa shape index (κ3) is 4.14. The molecule has 2 N–H and O–H groups in total. The molecule has 8 heteroatoms. The molecule has 0 radical (unpaired) electrons. The van der Waals surface area contributed by atoms with E-state index in [0.717, 1.165) is 30.6 Å². The first-order chi connectivity index (χ1) is 12.0. The Morgan fingerprint density at radius 1 is 1.28 bits per heavy atom. The Morgan fingerprint density at radius 3 is 2.92 bits per heavy atom. The van der Waals surface area contributed by atoms with Crippen LogP contribution in [0.5, 0.6) is 0 Å². The highest BCUT2D eigenvalue weighted by molar-refractivity contribution is 5.94.